The van der Waals surface area contributed by atoms with Gasteiger partial charge in [-0.25, -0.2) is 4.21 Å². The van der Waals surface area contributed by atoms with Crippen LogP contribution in [-0.2, 0) is 9.73 Å². The minimum Gasteiger partial charge on any atom is -0.497 e. The molecular formula is C27H22N2O3S. The van der Waals surface area contributed by atoms with Gasteiger partial charge in [0.2, 0.25) is 0 Å². The van der Waals surface area contributed by atoms with Crippen LogP contribution < -0.4 is 4.74 Å². The molecule has 1 unspecified atom stereocenters. The highest BCUT2D eigenvalue weighted by atomic mass is 32.2. The highest BCUT2D eigenvalue weighted by molar-refractivity contribution is 7.93. The summed E-state index contributed by atoms with van der Waals surface area (Å²) in [6, 6.07) is 20.6. The first-order valence-corrected chi connectivity index (χ1v) is 12.1. The highest BCUT2D eigenvalue weighted by Crippen LogP contribution is 2.21. The van der Waals surface area contributed by atoms with E-state index in [4.69, 9.17) is 4.74 Å². The molecule has 1 atom stereocenters. The molecule has 0 aliphatic carbocycles. The maximum Gasteiger partial charge on any atom is 0.286 e. The Labute approximate surface area is 193 Å². The number of ether oxygens (including phenoxy) is 1. The molecule has 0 bridgehead atoms. The number of aromatic nitrogens is 1. The number of fused-ring (bicyclic) bond motifs is 1. The number of hydrogen-bond donors (Lipinski definition) is 0. The Morgan fingerprint density at radius 2 is 1.70 bits per heavy atom. The maximum absolute atomic E-state index is 13.0. The van der Waals surface area contributed by atoms with E-state index in [1.807, 2.05) is 49.4 Å². The summed E-state index contributed by atoms with van der Waals surface area (Å²) in [5.41, 5.74) is 2.61. The second-order valence-corrected chi connectivity index (χ2v) is 9.91. The molecule has 0 radical (unpaired) electrons. The molecule has 33 heavy (non-hydrogen) atoms. The molecule has 3 aromatic carbocycles. The van der Waals surface area contributed by atoms with Crippen molar-refractivity contribution < 1.29 is 13.7 Å². The molecule has 5 nitrogen and oxygen atoms in total. The van der Waals surface area contributed by atoms with Crippen LogP contribution >= 0.6 is 0 Å². The van der Waals surface area contributed by atoms with Crippen LogP contribution in [0.4, 0.5) is 0 Å². The van der Waals surface area contributed by atoms with Crippen LogP contribution in [0.2, 0.25) is 0 Å². The summed E-state index contributed by atoms with van der Waals surface area (Å²) in [5, 5.41) is 2.12. The Morgan fingerprint density at radius 1 is 0.939 bits per heavy atom. The molecule has 4 aromatic rings. The molecule has 0 fully saturated rings. The summed E-state index contributed by atoms with van der Waals surface area (Å²) in [4.78, 5) is 17.3. The van der Waals surface area contributed by atoms with Crippen LogP contribution in [0.5, 0.6) is 5.75 Å². The van der Waals surface area contributed by atoms with Crippen LogP contribution in [0.1, 0.15) is 27.0 Å². The van der Waals surface area contributed by atoms with Crippen LogP contribution in [0.15, 0.2) is 88.4 Å². The normalized spacial score (nSPS) is 12.3. The predicted molar refractivity (Wildman–Crippen MR) is 131 cm³/mol. The standard InChI is InChI=1S/C27H22N2O3S/c1-19-5-4-6-26(13-19)33(3,31)29-27(30)24-15-21(17-28-18-24)8-7-20-9-10-23-16-25(32-2)12-11-22(23)14-20/h4-6,9-18H,1-3H3. The first-order valence-electron chi connectivity index (χ1n) is 10.2. The summed E-state index contributed by atoms with van der Waals surface area (Å²) in [6.45, 7) is 1.90. The third-order valence-corrected chi connectivity index (χ3v) is 6.71. The van der Waals surface area contributed by atoms with Crippen molar-refractivity contribution >= 4 is 26.4 Å². The monoisotopic (exact) mass is 454 g/mol. The lowest BCUT2D eigenvalue weighted by Gasteiger charge is -2.05. The lowest BCUT2D eigenvalue weighted by atomic mass is 10.1. The molecule has 0 aliphatic heterocycles. The average Bonchev–Trinajstić information content (AvgIpc) is 2.82. The highest BCUT2D eigenvalue weighted by Gasteiger charge is 2.12. The molecule has 0 N–H and O–H groups in total. The Bertz CT molecular complexity index is 1550. The largest absolute Gasteiger partial charge is 0.497 e. The summed E-state index contributed by atoms with van der Waals surface area (Å²) in [7, 11) is -1.23. The van der Waals surface area contributed by atoms with Crippen LogP contribution in [0, 0.1) is 18.8 Å². The van der Waals surface area contributed by atoms with Gasteiger partial charge in [-0.15, -0.1) is 0 Å². The van der Waals surface area contributed by atoms with Crippen molar-refractivity contribution in [1.82, 2.24) is 4.98 Å². The number of nitrogens with zero attached hydrogens (tertiary/aromatic N) is 2. The molecule has 1 aromatic heterocycles. The number of aryl methyl sites for hydroxylation is 1. The average molecular weight is 455 g/mol. The Hall–Kier alpha value is -3.95. The number of hydrogen-bond acceptors (Lipinski definition) is 4. The fraction of sp³-hybridized carbons (Fsp3) is 0.111. The van der Waals surface area contributed by atoms with Gasteiger partial charge in [-0.3, -0.25) is 9.78 Å². The first-order chi connectivity index (χ1) is 15.8. The molecule has 1 heterocycles. The van der Waals surface area contributed by atoms with Gasteiger partial charge in [0.05, 0.1) is 22.4 Å². The van der Waals surface area contributed by atoms with E-state index in [9.17, 15) is 9.00 Å². The van der Waals surface area contributed by atoms with Crippen molar-refractivity contribution in [2.45, 2.75) is 11.8 Å². The quantitative estimate of drug-likeness (QED) is 0.397. The number of methoxy groups -OCH3 is 1. The summed E-state index contributed by atoms with van der Waals surface area (Å²) in [5.74, 6) is 6.37. The Morgan fingerprint density at radius 3 is 2.48 bits per heavy atom. The molecule has 0 saturated carbocycles. The summed E-state index contributed by atoms with van der Waals surface area (Å²) >= 11 is 0. The zero-order valence-corrected chi connectivity index (χ0v) is 19.3. The van der Waals surface area contributed by atoms with Crippen molar-refractivity contribution in [3.63, 3.8) is 0 Å². The Balaban J connectivity index is 1.60. The van der Waals surface area contributed by atoms with E-state index in [1.165, 1.54) is 12.5 Å². The minimum atomic E-state index is -2.87. The van der Waals surface area contributed by atoms with Gasteiger partial charge in [0.15, 0.2) is 0 Å². The van der Waals surface area contributed by atoms with Crippen molar-refractivity contribution in [2.24, 2.45) is 4.36 Å². The van der Waals surface area contributed by atoms with Gasteiger partial charge >= 0.3 is 0 Å². The number of amides is 1. The molecule has 164 valence electrons. The van der Waals surface area contributed by atoms with Crippen molar-refractivity contribution in [3.8, 4) is 17.6 Å². The zero-order chi connectivity index (χ0) is 23.4. The summed E-state index contributed by atoms with van der Waals surface area (Å²) < 4.78 is 22.3. The maximum atomic E-state index is 13.0. The fourth-order valence-electron chi connectivity index (χ4n) is 3.31. The number of pyridine rings is 1. The third kappa shape index (κ3) is 5.28. The van der Waals surface area contributed by atoms with Gasteiger partial charge in [-0.1, -0.05) is 36.1 Å². The van der Waals surface area contributed by atoms with E-state index in [-0.39, 0.29) is 5.56 Å². The van der Waals surface area contributed by atoms with E-state index >= 15 is 0 Å². The van der Waals surface area contributed by atoms with Gasteiger partial charge in [-0.2, -0.15) is 4.36 Å². The van der Waals surface area contributed by atoms with Crippen molar-refractivity contribution in [3.05, 3.63) is 101 Å². The van der Waals surface area contributed by atoms with Gasteiger partial charge in [-0.05, 0) is 65.7 Å². The number of benzene rings is 3. The molecule has 6 heteroatoms. The van der Waals surface area contributed by atoms with Crippen molar-refractivity contribution in [1.29, 1.82) is 0 Å². The molecule has 1 amide bonds. The minimum absolute atomic E-state index is 0.245. The molecule has 0 saturated heterocycles. The number of carbonyl (C=O) groups is 1. The second kappa shape index (κ2) is 9.27. The van der Waals surface area contributed by atoms with E-state index in [2.05, 4.69) is 21.2 Å². The van der Waals surface area contributed by atoms with E-state index in [0.717, 1.165) is 27.6 Å². The summed E-state index contributed by atoms with van der Waals surface area (Å²) in [6.07, 6.45) is 4.46. The number of carbonyl (C=O) groups excluding carboxylic acids is 1. The second-order valence-electron chi connectivity index (χ2n) is 7.66. The topological polar surface area (TPSA) is 68.6 Å². The zero-order valence-electron chi connectivity index (χ0n) is 18.5. The van der Waals surface area contributed by atoms with E-state index < -0.39 is 15.6 Å². The van der Waals surface area contributed by atoms with Gasteiger partial charge in [0.25, 0.3) is 5.91 Å². The molecule has 4 rings (SSSR count). The van der Waals surface area contributed by atoms with E-state index in [0.29, 0.717) is 10.5 Å². The SMILES string of the molecule is COc1ccc2cc(C#Cc3cncc(C(=O)N=S(C)(=O)c4cccc(C)c4)c3)ccc2c1. The van der Waals surface area contributed by atoms with Crippen LogP contribution in [0.3, 0.4) is 0 Å². The van der Waals surface area contributed by atoms with Gasteiger partial charge < -0.3 is 4.74 Å². The predicted octanol–water partition coefficient (Wildman–Crippen LogP) is 5.25. The van der Waals surface area contributed by atoms with Crippen LogP contribution in [-0.4, -0.2) is 28.5 Å². The smallest absolute Gasteiger partial charge is 0.286 e. The third-order valence-electron chi connectivity index (χ3n) is 5.07. The van der Waals surface area contributed by atoms with Crippen molar-refractivity contribution in [2.75, 3.05) is 13.4 Å². The lowest BCUT2D eigenvalue weighted by Crippen LogP contribution is -2.04. The lowest BCUT2D eigenvalue weighted by molar-refractivity contribution is 0.100. The Kier molecular flexibility index (Phi) is 6.25. The molecular weight excluding hydrogens is 432 g/mol. The van der Waals surface area contributed by atoms with Gasteiger partial charge in [0.1, 0.15) is 5.75 Å². The molecule has 0 spiro atoms. The van der Waals surface area contributed by atoms with Crippen LogP contribution in [0.25, 0.3) is 10.8 Å². The first kappa shape index (κ1) is 22.3. The van der Waals surface area contributed by atoms with E-state index in [1.54, 1.807) is 37.6 Å². The number of rotatable bonds is 3. The fourth-order valence-corrected chi connectivity index (χ4v) is 4.58. The van der Waals surface area contributed by atoms with Gasteiger partial charge in [0, 0.05) is 34.7 Å². The molecule has 0 aliphatic rings.